The Hall–Kier alpha value is -3.03. The van der Waals surface area contributed by atoms with E-state index in [1.54, 1.807) is 31.2 Å². The number of aliphatic hydroxyl groups is 1. The molecule has 0 spiro atoms. The monoisotopic (exact) mass is 440 g/mol. The molecule has 2 aromatic rings. The number of hydrogen-bond acceptors (Lipinski definition) is 6. The molecule has 7 heteroatoms. The van der Waals surface area contributed by atoms with E-state index in [1.165, 1.54) is 0 Å². The lowest BCUT2D eigenvalue weighted by molar-refractivity contribution is -0.136. The number of carbonyl (C=O) groups excluding carboxylic acids is 3. The van der Waals surface area contributed by atoms with Crippen molar-refractivity contribution >= 4 is 17.7 Å². The van der Waals surface area contributed by atoms with Crippen LogP contribution in [0, 0.1) is 5.92 Å². The first-order chi connectivity index (χ1) is 15.4. The van der Waals surface area contributed by atoms with Crippen LogP contribution in [-0.2, 0) is 27.3 Å². The summed E-state index contributed by atoms with van der Waals surface area (Å²) in [5.74, 6) is -1.94. The molecule has 0 bridgehead atoms. The smallest absolute Gasteiger partial charge is 0.338 e. The Morgan fingerprint density at radius 2 is 1.75 bits per heavy atom. The van der Waals surface area contributed by atoms with Gasteiger partial charge in [0.05, 0.1) is 11.6 Å². The molecule has 0 aliphatic heterocycles. The molecule has 3 atom stereocenters. The molecule has 2 rings (SSSR count). The Morgan fingerprint density at radius 1 is 1.06 bits per heavy atom. The minimum Gasteiger partial charge on any atom is -0.448 e. The molecule has 4 N–H and O–H groups in total. The molecule has 0 heterocycles. The summed E-state index contributed by atoms with van der Waals surface area (Å²) in [6.45, 7) is 3.29. The molecule has 1 amide bonds. The summed E-state index contributed by atoms with van der Waals surface area (Å²) in [4.78, 5) is 38.0. The normalized spacial score (nSPS) is 13.6. The Morgan fingerprint density at radius 3 is 2.38 bits per heavy atom. The fraction of sp³-hybridized carbons (Fsp3) is 0.400. The highest BCUT2D eigenvalue weighted by molar-refractivity contribution is 5.94. The predicted molar refractivity (Wildman–Crippen MR) is 122 cm³/mol. The third-order valence-corrected chi connectivity index (χ3v) is 5.48. The fourth-order valence-corrected chi connectivity index (χ4v) is 3.28. The highest BCUT2D eigenvalue weighted by Gasteiger charge is 2.31. The zero-order chi connectivity index (χ0) is 23.5. The summed E-state index contributed by atoms with van der Waals surface area (Å²) in [5.41, 5.74) is 7.74. The first kappa shape index (κ1) is 25.2. The van der Waals surface area contributed by atoms with Gasteiger partial charge in [-0.1, -0.05) is 56.3 Å². The molecule has 2 aromatic carbocycles. The van der Waals surface area contributed by atoms with Crippen molar-refractivity contribution in [3.05, 3.63) is 71.3 Å². The van der Waals surface area contributed by atoms with Crippen LogP contribution in [0.2, 0.25) is 0 Å². The Balaban J connectivity index is 2.12. The van der Waals surface area contributed by atoms with Crippen molar-refractivity contribution in [2.75, 3.05) is 6.61 Å². The first-order valence-electron chi connectivity index (χ1n) is 10.9. The van der Waals surface area contributed by atoms with E-state index in [0.29, 0.717) is 24.8 Å². The molecular weight excluding hydrogens is 408 g/mol. The number of amides is 1. The Labute approximate surface area is 189 Å². The number of aryl methyl sites for hydroxylation is 1. The van der Waals surface area contributed by atoms with Gasteiger partial charge in [-0.3, -0.25) is 9.59 Å². The molecule has 0 fully saturated rings. The van der Waals surface area contributed by atoms with Gasteiger partial charge in [0.15, 0.2) is 11.9 Å². The lowest BCUT2D eigenvalue weighted by Gasteiger charge is -2.25. The van der Waals surface area contributed by atoms with Crippen LogP contribution in [0.4, 0.5) is 0 Å². The van der Waals surface area contributed by atoms with Crippen LogP contribution in [0.5, 0.6) is 0 Å². The molecule has 0 aliphatic carbocycles. The molecule has 0 aliphatic rings. The molecule has 0 radical (unpaired) electrons. The number of ketones is 1. The number of esters is 1. The average Bonchev–Trinajstić information content (AvgIpc) is 2.84. The van der Waals surface area contributed by atoms with E-state index < -0.39 is 36.4 Å². The van der Waals surface area contributed by atoms with Gasteiger partial charge in [0.1, 0.15) is 6.61 Å². The second-order valence-electron chi connectivity index (χ2n) is 7.83. The number of hydrogen-bond donors (Lipinski definition) is 3. The van der Waals surface area contributed by atoms with Gasteiger partial charge in [-0.25, -0.2) is 4.79 Å². The lowest BCUT2D eigenvalue weighted by atomic mass is 9.98. The maximum absolute atomic E-state index is 13.0. The van der Waals surface area contributed by atoms with E-state index >= 15 is 0 Å². The van der Waals surface area contributed by atoms with Crippen LogP contribution in [-0.4, -0.2) is 41.5 Å². The van der Waals surface area contributed by atoms with Crippen molar-refractivity contribution in [2.24, 2.45) is 11.7 Å². The first-order valence-corrected chi connectivity index (χ1v) is 10.9. The second-order valence-corrected chi connectivity index (χ2v) is 7.83. The second kappa shape index (κ2) is 12.7. The van der Waals surface area contributed by atoms with Gasteiger partial charge in [0.2, 0.25) is 0 Å². The van der Waals surface area contributed by atoms with E-state index in [9.17, 15) is 19.5 Å². The summed E-state index contributed by atoms with van der Waals surface area (Å²) in [7, 11) is 0. The number of Topliss-reactive ketones (excluding diaryl/α,β-unsaturated/α-hetero) is 1. The average molecular weight is 441 g/mol. The van der Waals surface area contributed by atoms with E-state index in [-0.39, 0.29) is 12.5 Å². The van der Waals surface area contributed by atoms with E-state index in [4.69, 9.17) is 10.5 Å². The van der Waals surface area contributed by atoms with Crippen LogP contribution >= 0.6 is 0 Å². The van der Waals surface area contributed by atoms with Crippen LogP contribution in [0.3, 0.4) is 0 Å². The zero-order valence-corrected chi connectivity index (χ0v) is 18.6. The number of aliphatic hydroxyl groups excluding tert-OH is 1. The van der Waals surface area contributed by atoms with Crippen molar-refractivity contribution in [3.8, 4) is 0 Å². The van der Waals surface area contributed by atoms with Gasteiger partial charge < -0.3 is 20.9 Å². The molecule has 0 aromatic heterocycles. The van der Waals surface area contributed by atoms with Crippen LogP contribution in [0.1, 0.15) is 48.2 Å². The molecular formula is C25H32N2O5. The molecule has 0 saturated heterocycles. The van der Waals surface area contributed by atoms with Crippen LogP contribution < -0.4 is 11.1 Å². The molecule has 0 saturated carbocycles. The topological polar surface area (TPSA) is 119 Å². The van der Waals surface area contributed by atoms with Crippen molar-refractivity contribution in [2.45, 2.75) is 51.8 Å². The van der Waals surface area contributed by atoms with Crippen LogP contribution in [0.25, 0.3) is 0 Å². The quantitative estimate of drug-likeness (QED) is 0.436. The summed E-state index contributed by atoms with van der Waals surface area (Å²) < 4.78 is 5.56. The standard InChI is InChI=1S/C25H32N2O5/c1-3-17(2)23(32-25(31)20-11-7-10-19(14-20)15-26)24(30)27-21(22(29)16-28)13-12-18-8-5-4-6-9-18/h4-11,14,17,21,23,28H,3,12-13,15-16,26H2,1-2H3,(H,27,30)/t17-,21+,23+/m1/s1. The van der Waals surface area contributed by atoms with Gasteiger partial charge in [-0.2, -0.15) is 0 Å². The summed E-state index contributed by atoms with van der Waals surface area (Å²) in [6.07, 6.45) is 0.405. The number of carbonyl (C=O) groups is 3. The molecule has 7 nitrogen and oxygen atoms in total. The maximum Gasteiger partial charge on any atom is 0.338 e. The van der Waals surface area contributed by atoms with E-state index in [1.807, 2.05) is 37.3 Å². The van der Waals surface area contributed by atoms with Gasteiger partial charge >= 0.3 is 5.97 Å². The van der Waals surface area contributed by atoms with Gasteiger partial charge in [-0.05, 0) is 42.5 Å². The number of nitrogens with one attached hydrogen (secondary N) is 1. The molecule has 0 unspecified atom stereocenters. The maximum atomic E-state index is 13.0. The Kier molecular flexibility index (Phi) is 10.0. The zero-order valence-electron chi connectivity index (χ0n) is 18.6. The van der Waals surface area contributed by atoms with Gasteiger partial charge in [0.25, 0.3) is 5.91 Å². The van der Waals surface area contributed by atoms with Gasteiger partial charge in [-0.15, -0.1) is 0 Å². The number of nitrogens with two attached hydrogens (primary N) is 1. The number of ether oxygens (including phenoxy) is 1. The SMILES string of the molecule is CC[C@@H](C)[C@H](OC(=O)c1cccc(CN)c1)C(=O)N[C@@H](CCc1ccccc1)C(=O)CO. The highest BCUT2D eigenvalue weighted by atomic mass is 16.5. The Bertz CT molecular complexity index is 900. The molecule has 172 valence electrons. The van der Waals surface area contributed by atoms with E-state index in [0.717, 1.165) is 11.1 Å². The lowest BCUT2D eigenvalue weighted by Crippen LogP contribution is -2.49. The largest absolute Gasteiger partial charge is 0.448 e. The minimum absolute atomic E-state index is 0.268. The van der Waals surface area contributed by atoms with Crippen molar-refractivity contribution in [1.82, 2.24) is 5.32 Å². The molecule has 32 heavy (non-hydrogen) atoms. The summed E-state index contributed by atoms with van der Waals surface area (Å²) in [5, 5.41) is 12.0. The summed E-state index contributed by atoms with van der Waals surface area (Å²) in [6, 6.07) is 15.4. The number of benzene rings is 2. The van der Waals surface area contributed by atoms with Gasteiger partial charge in [0, 0.05) is 12.5 Å². The highest BCUT2D eigenvalue weighted by Crippen LogP contribution is 2.16. The minimum atomic E-state index is -1.07. The van der Waals surface area contributed by atoms with Crippen molar-refractivity contribution in [3.63, 3.8) is 0 Å². The van der Waals surface area contributed by atoms with E-state index in [2.05, 4.69) is 5.32 Å². The third-order valence-electron chi connectivity index (χ3n) is 5.48. The predicted octanol–water partition coefficient (Wildman–Crippen LogP) is 2.40. The van der Waals surface area contributed by atoms with Crippen molar-refractivity contribution < 1.29 is 24.2 Å². The number of rotatable bonds is 12. The van der Waals surface area contributed by atoms with Crippen LogP contribution in [0.15, 0.2) is 54.6 Å². The summed E-state index contributed by atoms with van der Waals surface area (Å²) >= 11 is 0. The fourth-order valence-electron chi connectivity index (χ4n) is 3.28. The van der Waals surface area contributed by atoms with Crippen molar-refractivity contribution in [1.29, 1.82) is 0 Å². The third kappa shape index (κ3) is 7.28.